The maximum atomic E-state index is 11.8. The average molecular weight is 293 g/mol. The molecule has 1 N–H and O–H groups in total. The summed E-state index contributed by atoms with van der Waals surface area (Å²) in [6, 6.07) is 3.37. The van der Waals surface area contributed by atoms with E-state index >= 15 is 0 Å². The number of aromatic amines is 1. The Morgan fingerprint density at radius 3 is 2.60 bits per heavy atom. The Bertz CT molecular complexity index is 710. The molecule has 0 saturated carbocycles. The van der Waals surface area contributed by atoms with Crippen molar-refractivity contribution in [3.8, 4) is 11.5 Å². The first-order valence-corrected chi connectivity index (χ1v) is 7.06. The van der Waals surface area contributed by atoms with Crippen molar-refractivity contribution in [1.82, 2.24) is 24.5 Å². The summed E-state index contributed by atoms with van der Waals surface area (Å²) in [5.74, 6) is 1.00. The van der Waals surface area contributed by atoms with Crippen LogP contribution in [0.3, 0.4) is 0 Å². The van der Waals surface area contributed by atoms with Crippen molar-refractivity contribution in [3.63, 3.8) is 0 Å². The van der Waals surface area contributed by atoms with Crippen LogP contribution in [0.1, 0.15) is 33.7 Å². The SMILES string of the molecule is CC(C)Cn1nc(-c2n[nH]c(=S)n2C(C)C)ccc1=O. The summed E-state index contributed by atoms with van der Waals surface area (Å²) in [4.78, 5) is 11.8. The number of hydrogen-bond acceptors (Lipinski definition) is 4. The lowest BCUT2D eigenvalue weighted by molar-refractivity contribution is 0.464. The first-order chi connectivity index (χ1) is 9.40. The van der Waals surface area contributed by atoms with E-state index in [1.54, 1.807) is 6.07 Å². The highest BCUT2D eigenvalue weighted by molar-refractivity contribution is 7.71. The number of H-pyrrole nitrogens is 1. The molecule has 2 heterocycles. The van der Waals surface area contributed by atoms with Gasteiger partial charge < -0.3 is 0 Å². The van der Waals surface area contributed by atoms with Gasteiger partial charge in [0.1, 0.15) is 5.69 Å². The molecule has 0 aliphatic carbocycles. The molecule has 0 amide bonds. The fraction of sp³-hybridized carbons (Fsp3) is 0.538. The van der Waals surface area contributed by atoms with Crippen LogP contribution in [0.15, 0.2) is 16.9 Å². The Hall–Kier alpha value is -1.76. The van der Waals surface area contributed by atoms with Crippen molar-refractivity contribution in [2.75, 3.05) is 0 Å². The third-order valence-electron chi connectivity index (χ3n) is 2.85. The number of nitrogens with one attached hydrogen (secondary N) is 1. The van der Waals surface area contributed by atoms with Gasteiger partial charge in [-0.1, -0.05) is 13.8 Å². The molecule has 2 aromatic rings. The Labute approximate surface area is 122 Å². The highest BCUT2D eigenvalue weighted by Gasteiger charge is 2.14. The van der Waals surface area contributed by atoms with Crippen molar-refractivity contribution in [2.45, 2.75) is 40.3 Å². The van der Waals surface area contributed by atoms with Gasteiger partial charge in [0.15, 0.2) is 10.6 Å². The fourth-order valence-corrected chi connectivity index (χ4v) is 2.35. The summed E-state index contributed by atoms with van der Waals surface area (Å²) in [6.07, 6.45) is 0. The van der Waals surface area contributed by atoms with Crippen molar-refractivity contribution < 1.29 is 0 Å². The fourth-order valence-electron chi connectivity index (χ4n) is 2.01. The van der Waals surface area contributed by atoms with Gasteiger partial charge in [0.05, 0.1) is 0 Å². The zero-order valence-corrected chi connectivity index (χ0v) is 12.9. The smallest absolute Gasteiger partial charge is 0.266 e. The second-order valence-electron chi connectivity index (χ2n) is 5.45. The largest absolute Gasteiger partial charge is 0.296 e. The molecule has 0 fully saturated rings. The maximum Gasteiger partial charge on any atom is 0.266 e. The minimum absolute atomic E-state index is 0.104. The molecule has 0 bridgehead atoms. The monoisotopic (exact) mass is 293 g/mol. The van der Waals surface area contributed by atoms with Crippen LogP contribution in [0.4, 0.5) is 0 Å². The zero-order chi connectivity index (χ0) is 14.9. The number of rotatable bonds is 4. The van der Waals surface area contributed by atoms with E-state index in [0.29, 0.717) is 28.8 Å². The van der Waals surface area contributed by atoms with Crippen LogP contribution in [0.2, 0.25) is 0 Å². The van der Waals surface area contributed by atoms with Crippen molar-refractivity contribution >= 4 is 12.2 Å². The molecule has 2 rings (SSSR count). The summed E-state index contributed by atoms with van der Waals surface area (Å²) >= 11 is 5.23. The molecule has 2 aromatic heterocycles. The first-order valence-electron chi connectivity index (χ1n) is 6.65. The van der Waals surface area contributed by atoms with Gasteiger partial charge in [-0.15, -0.1) is 0 Å². The van der Waals surface area contributed by atoms with Gasteiger partial charge in [-0.25, -0.2) is 4.68 Å². The molecular formula is C13H19N5OS. The molecule has 0 aromatic carbocycles. The number of nitrogens with zero attached hydrogens (tertiary/aromatic N) is 4. The van der Waals surface area contributed by atoms with E-state index in [9.17, 15) is 4.79 Å². The molecule has 0 aliphatic rings. The first kappa shape index (κ1) is 14.6. The Kier molecular flexibility index (Phi) is 4.17. The lowest BCUT2D eigenvalue weighted by Gasteiger charge is -2.12. The summed E-state index contributed by atoms with van der Waals surface area (Å²) < 4.78 is 3.92. The normalized spacial score (nSPS) is 11.5. The van der Waals surface area contributed by atoms with Crippen molar-refractivity contribution in [3.05, 3.63) is 27.3 Å². The summed E-state index contributed by atoms with van der Waals surface area (Å²) in [7, 11) is 0. The van der Waals surface area contributed by atoms with E-state index in [4.69, 9.17) is 12.2 Å². The molecule has 108 valence electrons. The predicted octanol–water partition coefficient (Wildman–Crippen LogP) is 2.40. The van der Waals surface area contributed by atoms with Crippen LogP contribution < -0.4 is 5.56 Å². The van der Waals surface area contributed by atoms with Crippen LogP contribution in [0, 0.1) is 10.7 Å². The van der Waals surface area contributed by atoms with Gasteiger partial charge in [0.25, 0.3) is 5.56 Å². The standard InChI is InChI=1S/C13H19N5OS/c1-8(2)7-17-11(19)6-5-10(16-17)12-14-15-13(20)18(12)9(3)4/h5-6,8-9H,7H2,1-4H3,(H,15,20). The molecule has 0 unspecified atom stereocenters. The van der Waals surface area contributed by atoms with Gasteiger partial charge in [-0.2, -0.15) is 10.2 Å². The molecular weight excluding hydrogens is 274 g/mol. The van der Waals surface area contributed by atoms with Gasteiger partial charge in [-0.3, -0.25) is 14.5 Å². The lowest BCUT2D eigenvalue weighted by Crippen LogP contribution is -2.25. The maximum absolute atomic E-state index is 11.8. The number of hydrogen-bond donors (Lipinski definition) is 1. The minimum Gasteiger partial charge on any atom is -0.296 e. The molecule has 0 atom stereocenters. The number of aromatic nitrogens is 5. The van der Waals surface area contributed by atoms with E-state index < -0.39 is 0 Å². The predicted molar refractivity (Wildman–Crippen MR) is 80.1 cm³/mol. The topological polar surface area (TPSA) is 68.5 Å². The Morgan fingerprint density at radius 1 is 1.30 bits per heavy atom. The molecule has 7 heteroatoms. The van der Waals surface area contributed by atoms with Crippen LogP contribution in [-0.2, 0) is 6.54 Å². The molecule has 6 nitrogen and oxygen atoms in total. The summed E-state index contributed by atoms with van der Waals surface area (Å²) in [6.45, 7) is 8.73. The zero-order valence-electron chi connectivity index (χ0n) is 12.1. The highest BCUT2D eigenvalue weighted by Crippen LogP contribution is 2.18. The third-order valence-corrected chi connectivity index (χ3v) is 3.14. The van der Waals surface area contributed by atoms with E-state index in [2.05, 4.69) is 15.3 Å². The van der Waals surface area contributed by atoms with Crippen LogP contribution >= 0.6 is 12.2 Å². The molecule has 20 heavy (non-hydrogen) atoms. The van der Waals surface area contributed by atoms with E-state index in [1.807, 2.05) is 32.3 Å². The summed E-state index contributed by atoms with van der Waals surface area (Å²) in [5.41, 5.74) is 0.541. The molecule has 0 saturated heterocycles. The highest BCUT2D eigenvalue weighted by atomic mass is 32.1. The molecule has 0 aliphatic heterocycles. The van der Waals surface area contributed by atoms with Crippen molar-refractivity contribution in [2.24, 2.45) is 5.92 Å². The van der Waals surface area contributed by atoms with E-state index in [1.165, 1.54) is 10.7 Å². The Morgan fingerprint density at radius 2 is 2.00 bits per heavy atom. The second-order valence-corrected chi connectivity index (χ2v) is 5.84. The minimum atomic E-state index is -0.104. The van der Waals surface area contributed by atoms with E-state index in [-0.39, 0.29) is 11.6 Å². The molecule has 0 spiro atoms. The van der Waals surface area contributed by atoms with Crippen molar-refractivity contribution in [1.29, 1.82) is 0 Å². The quantitative estimate of drug-likeness (QED) is 0.879. The second kappa shape index (κ2) is 5.70. The Balaban J connectivity index is 2.54. The van der Waals surface area contributed by atoms with Crippen LogP contribution in [-0.4, -0.2) is 24.5 Å². The molecule has 0 radical (unpaired) electrons. The van der Waals surface area contributed by atoms with Gasteiger partial charge in [-0.05, 0) is 38.0 Å². The summed E-state index contributed by atoms with van der Waals surface area (Å²) in [5, 5.41) is 11.4. The average Bonchev–Trinajstić information content (AvgIpc) is 2.73. The third kappa shape index (κ3) is 2.87. The van der Waals surface area contributed by atoms with Crippen LogP contribution in [0.5, 0.6) is 0 Å². The van der Waals surface area contributed by atoms with Gasteiger partial charge in [0, 0.05) is 18.7 Å². The van der Waals surface area contributed by atoms with Gasteiger partial charge >= 0.3 is 0 Å². The van der Waals surface area contributed by atoms with E-state index in [0.717, 1.165) is 0 Å². The van der Waals surface area contributed by atoms with Gasteiger partial charge in [0.2, 0.25) is 0 Å². The lowest BCUT2D eigenvalue weighted by atomic mass is 10.2. The van der Waals surface area contributed by atoms with Crippen LogP contribution in [0.25, 0.3) is 11.5 Å².